The summed E-state index contributed by atoms with van der Waals surface area (Å²) in [4.78, 5) is 4.69. The lowest BCUT2D eigenvalue weighted by atomic mass is 10.1. The minimum absolute atomic E-state index is 0.0403. The first-order valence-electron chi connectivity index (χ1n) is 10.1. The molecule has 0 amide bonds. The van der Waals surface area contributed by atoms with Crippen molar-refractivity contribution in [2.45, 2.75) is 32.5 Å². The second-order valence-corrected chi connectivity index (χ2v) is 7.95. The number of ether oxygens (including phenoxy) is 1. The van der Waals surface area contributed by atoms with Crippen LogP contribution in [0, 0.1) is 6.92 Å². The summed E-state index contributed by atoms with van der Waals surface area (Å²) in [6.07, 6.45) is 0.463. The van der Waals surface area contributed by atoms with Crippen LogP contribution in [0.15, 0.2) is 48.5 Å². The molecule has 2 atom stereocenters. The third kappa shape index (κ3) is 5.71. The van der Waals surface area contributed by atoms with Crippen LogP contribution in [0.25, 0.3) is 0 Å². The summed E-state index contributed by atoms with van der Waals surface area (Å²) < 4.78 is 6.00. The fourth-order valence-electron chi connectivity index (χ4n) is 3.79. The van der Waals surface area contributed by atoms with Crippen molar-refractivity contribution in [2.75, 3.05) is 44.2 Å². The van der Waals surface area contributed by atoms with E-state index >= 15 is 0 Å². The largest absolute Gasteiger partial charge is 0.389 e. The number of hydrogen-bond acceptors (Lipinski definition) is 4. The lowest BCUT2D eigenvalue weighted by Gasteiger charge is -2.37. The number of halogens is 1. The van der Waals surface area contributed by atoms with Gasteiger partial charge in [-0.1, -0.05) is 54.9 Å². The van der Waals surface area contributed by atoms with Crippen LogP contribution < -0.4 is 4.90 Å². The van der Waals surface area contributed by atoms with E-state index in [0.29, 0.717) is 13.2 Å². The maximum atomic E-state index is 10.5. The van der Waals surface area contributed by atoms with Gasteiger partial charge in [-0.3, -0.25) is 4.90 Å². The Balaban J connectivity index is 1.44. The van der Waals surface area contributed by atoms with Gasteiger partial charge in [-0.05, 0) is 36.6 Å². The lowest BCUT2D eigenvalue weighted by Crippen LogP contribution is -2.49. The van der Waals surface area contributed by atoms with Gasteiger partial charge in [0.05, 0.1) is 18.8 Å². The molecule has 1 aliphatic rings. The SMILES string of the molecule is CC[C@@H](OC[C@H](O)CN1CCN(c2cc(Cl)ccc2C)CC1)c1ccccc1. The molecule has 0 spiro atoms. The van der Waals surface area contributed by atoms with E-state index in [1.165, 1.54) is 16.8 Å². The highest BCUT2D eigenvalue weighted by Crippen LogP contribution is 2.25. The molecule has 0 unspecified atom stereocenters. The number of aryl methyl sites for hydroxylation is 1. The van der Waals surface area contributed by atoms with Crippen molar-refractivity contribution in [3.05, 3.63) is 64.7 Å². The van der Waals surface area contributed by atoms with Crippen molar-refractivity contribution in [1.82, 2.24) is 4.90 Å². The molecule has 0 bridgehead atoms. The number of piperazine rings is 1. The van der Waals surface area contributed by atoms with Crippen molar-refractivity contribution in [2.24, 2.45) is 0 Å². The molecule has 2 aromatic rings. The summed E-state index contributed by atoms with van der Waals surface area (Å²) in [7, 11) is 0. The van der Waals surface area contributed by atoms with Gasteiger partial charge in [0.2, 0.25) is 0 Å². The molecule has 1 aliphatic heterocycles. The molecule has 0 radical (unpaired) electrons. The van der Waals surface area contributed by atoms with Crippen LogP contribution in [-0.4, -0.2) is 55.4 Å². The molecule has 3 rings (SSSR count). The molecular formula is C23H31ClN2O2. The zero-order valence-electron chi connectivity index (χ0n) is 16.9. The fraction of sp³-hybridized carbons (Fsp3) is 0.478. The molecule has 1 heterocycles. The quantitative estimate of drug-likeness (QED) is 0.714. The molecule has 2 aromatic carbocycles. The number of β-amino-alcohol motifs (C(OH)–C–C–N with tert-alkyl or cyclic N) is 1. The average molecular weight is 403 g/mol. The number of benzene rings is 2. The highest BCUT2D eigenvalue weighted by molar-refractivity contribution is 6.30. The van der Waals surface area contributed by atoms with Gasteiger partial charge in [0, 0.05) is 43.4 Å². The molecule has 1 saturated heterocycles. The zero-order valence-corrected chi connectivity index (χ0v) is 17.6. The molecule has 0 saturated carbocycles. The third-order valence-corrected chi connectivity index (χ3v) is 5.62. The van der Waals surface area contributed by atoms with Gasteiger partial charge in [0.1, 0.15) is 0 Å². The van der Waals surface area contributed by atoms with Gasteiger partial charge in [-0.2, -0.15) is 0 Å². The number of rotatable bonds is 8. The normalized spacial score (nSPS) is 17.5. The number of hydrogen-bond donors (Lipinski definition) is 1. The van der Waals surface area contributed by atoms with Crippen molar-refractivity contribution < 1.29 is 9.84 Å². The van der Waals surface area contributed by atoms with Gasteiger partial charge in [-0.15, -0.1) is 0 Å². The summed E-state index contributed by atoms with van der Waals surface area (Å²) in [5, 5.41) is 11.2. The van der Waals surface area contributed by atoms with Crippen molar-refractivity contribution in [3.63, 3.8) is 0 Å². The summed E-state index contributed by atoms with van der Waals surface area (Å²) in [6.45, 7) is 8.98. The number of anilines is 1. The topological polar surface area (TPSA) is 35.9 Å². The summed E-state index contributed by atoms with van der Waals surface area (Å²) >= 11 is 6.17. The van der Waals surface area contributed by atoms with Crippen molar-refractivity contribution in [3.8, 4) is 0 Å². The second kappa shape index (κ2) is 10.3. The second-order valence-electron chi connectivity index (χ2n) is 7.51. The Morgan fingerprint density at radius 2 is 1.79 bits per heavy atom. The van der Waals surface area contributed by atoms with Gasteiger partial charge >= 0.3 is 0 Å². The molecule has 0 aromatic heterocycles. The third-order valence-electron chi connectivity index (χ3n) is 5.39. The molecule has 0 aliphatic carbocycles. The number of nitrogens with zero attached hydrogens (tertiary/aromatic N) is 2. The van der Waals surface area contributed by atoms with Gasteiger partial charge < -0.3 is 14.7 Å². The predicted molar refractivity (Wildman–Crippen MR) is 116 cm³/mol. The van der Waals surface area contributed by atoms with Crippen LogP contribution in [-0.2, 0) is 4.74 Å². The Morgan fingerprint density at radius 3 is 2.46 bits per heavy atom. The van der Waals surface area contributed by atoms with Crippen LogP contribution >= 0.6 is 11.6 Å². The highest BCUT2D eigenvalue weighted by atomic mass is 35.5. The van der Waals surface area contributed by atoms with Crippen molar-refractivity contribution in [1.29, 1.82) is 0 Å². The van der Waals surface area contributed by atoms with Crippen LogP contribution in [0.2, 0.25) is 5.02 Å². The average Bonchev–Trinajstić information content (AvgIpc) is 2.72. The Kier molecular flexibility index (Phi) is 7.74. The van der Waals surface area contributed by atoms with E-state index in [1.807, 2.05) is 30.3 Å². The molecule has 28 heavy (non-hydrogen) atoms. The van der Waals surface area contributed by atoms with Crippen LogP contribution in [0.4, 0.5) is 5.69 Å². The van der Waals surface area contributed by atoms with Crippen LogP contribution in [0.3, 0.4) is 0 Å². The highest BCUT2D eigenvalue weighted by Gasteiger charge is 2.21. The first-order valence-corrected chi connectivity index (χ1v) is 10.5. The smallest absolute Gasteiger partial charge is 0.0900 e. The van der Waals surface area contributed by atoms with E-state index in [2.05, 4.69) is 41.8 Å². The fourth-order valence-corrected chi connectivity index (χ4v) is 3.96. The standard InChI is InChI=1S/C23H31ClN2O2/c1-3-23(19-7-5-4-6-8-19)28-17-21(27)16-25-11-13-26(14-12-25)22-15-20(24)10-9-18(22)2/h4-10,15,21,23,27H,3,11-14,16-17H2,1-2H3/t21-,23-/m1/s1. The van der Waals surface area contributed by atoms with E-state index in [9.17, 15) is 5.11 Å². The maximum absolute atomic E-state index is 10.5. The first kappa shape index (κ1) is 21.1. The van der Waals surface area contributed by atoms with Crippen LogP contribution in [0.5, 0.6) is 0 Å². The number of aliphatic hydroxyl groups is 1. The first-order chi connectivity index (χ1) is 13.6. The van der Waals surface area contributed by atoms with Gasteiger partial charge in [0.15, 0.2) is 0 Å². The zero-order chi connectivity index (χ0) is 19.9. The molecule has 1 N–H and O–H groups in total. The monoisotopic (exact) mass is 402 g/mol. The predicted octanol–water partition coefficient (Wildman–Crippen LogP) is 4.30. The van der Waals surface area contributed by atoms with Crippen LogP contribution in [0.1, 0.15) is 30.6 Å². The number of aliphatic hydroxyl groups excluding tert-OH is 1. The van der Waals surface area contributed by atoms with E-state index in [0.717, 1.165) is 37.6 Å². The lowest BCUT2D eigenvalue weighted by molar-refractivity contribution is -0.0240. The Bertz CT molecular complexity index is 733. The molecular weight excluding hydrogens is 372 g/mol. The molecule has 152 valence electrons. The summed E-state index contributed by atoms with van der Waals surface area (Å²) in [5.74, 6) is 0. The minimum Gasteiger partial charge on any atom is -0.389 e. The Morgan fingerprint density at radius 1 is 1.07 bits per heavy atom. The summed E-state index contributed by atoms with van der Waals surface area (Å²) in [6, 6.07) is 16.3. The van der Waals surface area contributed by atoms with E-state index in [1.54, 1.807) is 0 Å². The van der Waals surface area contributed by atoms with E-state index in [-0.39, 0.29) is 6.10 Å². The summed E-state index contributed by atoms with van der Waals surface area (Å²) in [5.41, 5.74) is 3.63. The minimum atomic E-state index is -0.475. The van der Waals surface area contributed by atoms with Gasteiger partial charge in [0.25, 0.3) is 0 Å². The van der Waals surface area contributed by atoms with E-state index < -0.39 is 6.10 Å². The molecule has 4 nitrogen and oxygen atoms in total. The van der Waals surface area contributed by atoms with Crippen molar-refractivity contribution >= 4 is 17.3 Å². The molecule has 1 fully saturated rings. The Hall–Kier alpha value is -1.59. The van der Waals surface area contributed by atoms with E-state index in [4.69, 9.17) is 16.3 Å². The molecule has 5 heteroatoms. The van der Waals surface area contributed by atoms with Gasteiger partial charge in [-0.25, -0.2) is 0 Å². The Labute approximate surface area is 173 Å². The maximum Gasteiger partial charge on any atom is 0.0900 e.